The van der Waals surface area contributed by atoms with Gasteiger partial charge >= 0.3 is 5.97 Å². The molecule has 1 aliphatic carbocycles. The van der Waals surface area contributed by atoms with E-state index in [4.69, 9.17) is 14.6 Å². The molecule has 1 aromatic rings. The van der Waals surface area contributed by atoms with Gasteiger partial charge in [-0.1, -0.05) is 43.2 Å². The van der Waals surface area contributed by atoms with Crippen LogP contribution < -0.4 is 0 Å². The number of ether oxygens (including phenoxy) is 2. The van der Waals surface area contributed by atoms with Crippen LogP contribution in [0.3, 0.4) is 0 Å². The molecule has 1 saturated carbocycles. The monoisotopic (exact) mass is 336 g/mol. The van der Waals surface area contributed by atoms with Gasteiger partial charge in [0.15, 0.2) is 5.78 Å². The highest BCUT2D eigenvalue weighted by molar-refractivity contribution is 6.04. The Bertz CT molecular complexity index is 544. The molecule has 0 spiro atoms. The number of benzene rings is 1. The molecule has 0 heterocycles. The average Bonchev–Trinajstić information content (AvgIpc) is 2.62. The highest BCUT2D eigenvalue weighted by Crippen LogP contribution is 2.37. The second-order valence-corrected chi connectivity index (χ2v) is 5.92. The summed E-state index contributed by atoms with van der Waals surface area (Å²) in [7, 11) is 0. The van der Waals surface area contributed by atoms with Gasteiger partial charge in [0.05, 0.1) is 25.7 Å². The van der Waals surface area contributed by atoms with Gasteiger partial charge in [0.1, 0.15) is 12.2 Å². The number of aliphatic hydroxyl groups is 2. The molecule has 2 rings (SSSR count). The van der Waals surface area contributed by atoms with Crippen LogP contribution in [-0.4, -0.2) is 54.0 Å². The number of Topliss-reactive ketones (excluding diaryl/α,β-unsaturated/α-hetero) is 1. The molecule has 2 atom stereocenters. The summed E-state index contributed by atoms with van der Waals surface area (Å²) in [6, 6.07) is 8.52. The first-order chi connectivity index (χ1) is 11.6. The fraction of sp³-hybridized carbons (Fsp3) is 0.556. The molecule has 24 heavy (non-hydrogen) atoms. The number of hydrogen-bond donors (Lipinski definition) is 2. The number of rotatable bonds is 8. The van der Waals surface area contributed by atoms with Gasteiger partial charge in [-0.25, -0.2) is 0 Å². The Kier molecular flexibility index (Phi) is 6.90. The van der Waals surface area contributed by atoms with Crippen LogP contribution in [0.25, 0.3) is 0 Å². The second kappa shape index (κ2) is 8.92. The molecule has 0 radical (unpaired) electrons. The Balaban J connectivity index is 2.03. The molecule has 0 aromatic heterocycles. The van der Waals surface area contributed by atoms with E-state index in [-0.39, 0.29) is 32.8 Å². The lowest BCUT2D eigenvalue weighted by Crippen LogP contribution is -2.51. The van der Waals surface area contributed by atoms with Gasteiger partial charge in [0.25, 0.3) is 0 Å². The van der Waals surface area contributed by atoms with Crippen LogP contribution in [0, 0.1) is 5.92 Å². The molecule has 0 aliphatic heterocycles. The van der Waals surface area contributed by atoms with Crippen molar-refractivity contribution >= 4 is 11.8 Å². The van der Waals surface area contributed by atoms with E-state index in [2.05, 4.69) is 0 Å². The van der Waals surface area contributed by atoms with E-state index >= 15 is 0 Å². The maximum Gasteiger partial charge on any atom is 0.312 e. The molecule has 2 N–H and O–H groups in total. The first-order valence-electron chi connectivity index (χ1n) is 8.27. The maximum atomic E-state index is 12.7. The summed E-state index contributed by atoms with van der Waals surface area (Å²) in [4.78, 5) is 25.1. The average molecular weight is 336 g/mol. The molecular weight excluding hydrogens is 312 g/mol. The van der Waals surface area contributed by atoms with Gasteiger partial charge in [-0.05, 0) is 12.8 Å². The zero-order valence-corrected chi connectivity index (χ0v) is 13.6. The third-order valence-corrected chi connectivity index (χ3v) is 4.30. The van der Waals surface area contributed by atoms with Crippen molar-refractivity contribution in [2.24, 2.45) is 5.92 Å². The van der Waals surface area contributed by atoms with Crippen LogP contribution in [0.2, 0.25) is 0 Å². The Hall–Kier alpha value is -1.76. The standard InChI is InChI=1S/C18H24O6/c19-10-11-23-12-13-24-17(21)15-8-4-5-9-18(15,22)16(20)14-6-2-1-3-7-14/h1-3,6-7,15,19,22H,4-5,8-13H2. The second-order valence-electron chi connectivity index (χ2n) is 5.92. The van der Waals surface area contributed by atoms with Gasteiger partial charge in [-0.2, -0.15) is 0 Å². The Morgan fingerprint density at radius 2 is 1.88 bits per heavy atom. The van der Waals surface area contributed by atoms with Gasteiger partial charge in [0.2, 0.25) is 0 Å². The number of ketones is 1. The highest BCUT2D eigenvalue weighted by Gasteiger charge is 2.49. The fourth-order valence-electron chi connectivity index (χ4n) is 3.05. The van der Waals surface area contributed by atoms with Crippen molar-refractivity contribution in [3.8, 4) is 0 Å². The van der Waals surface area contributed by atoms with Gasteiger partial charge in [0, 0.05) is 5.56 Å². The van der Waals surface area contributed by atoms with Crippen LogP contribution in [0.5, 0.6) is 0 Å². The summed E-state index contributed by atoms with van der Waals surface area (Å²) >= 11 is 0. The van der Waals surface area contributed by atoms with Gasteiger partial charge in [-0.15, -0.1) is 0 Å². The minimum absolute atomic E-state index is 0.0327. The van der Waals surface area contributed by atoms with E-state index in [0.29, 0.717) is 18.4 Å². The highest BCUT2D eigenvalue weighted by atomic mass is 16.6. The predicted octanol–water partition coefficient (Wildman–Crippen LogP) is 1.34. The van der Waals surface area contributed by atoms with E-state index in [0.717, 1.165) is 6.42 Å². The molecule has 6 nitrogen and oxygen atoms in total. The summed E-state index contributed by atoms with van der Waals surface area (Å²) < 4.78 is 10.2. The summed E-state index contributed by atoms with van der Waals surface area (Å²) in [5, 5.41) is 19.6. The minimum Gasteiger partial charge on any atom is -0.463 e. The Morgan fingerprint density at radius 3 is 2.58 bits per heavy atom. The van der Waals surface area contributed by atoms with Crippen LogP contribution in [-0.2, 0) is 14.3 Å². The maximum absolute atomic E-state index is 12.7. The minimum atomic E-state index is -1.72. The summed E-state index contributed by atoms with van der Waals surface area (Å²) in [5.41, 5.74) is -1.33. The molecule has 6 heteroatoms. The lowest BCUT2D eigenvalue weighted by Gasteiger charge is -2.37. The van der Waals surface area contributed by atoms with Crippen molar-refractivity contribution < 1.29 is 29.3 Å². The van der Waals surface area contributed by atoms with Crippen molar-refractivity contribution in [2.45, 2.75) is 31.3 Å². The number of esters is 1. The number of carbonyl (C=O) groups is 2. The molecule has 1 aliphatic rings. The lowest BCUT2D eigenvalue weighted by molar-refractivity contribution is -0.160. The molecule has 2 unspecified atom stereocenters. The van der Waals surface area contributed by atoms with E-state index in [1.807, 2.05) is 0 Å². The van der Waals surface area contributed by atoms with Crippen LogP contribution in [0.15, 0.2) is 30.3 Å². The summed E-state index contributed by atoms with van der Waals surface area (Å²) in [6.07, 6.45) is 2.14. The third-order valence-electron chi connectivity index (χ3n) is 4.30. The smallest absolute Gasteiger partial charge is 0.312 e. The largest absolute Gasteiger partial charge is 0.463 e. The Labute approximate surface area is 141 Å². The first-order valence-corrected chi connectivity index (χ1v) is 8.27. The molecule has 0 bridgehead atoms. The van der Waals surface area contributed by atoms with Crippen molar-refractivity contribution in [2.75, 3.05) is 26.4 Å². The summed E-state index contributed by atoms with van der Waals surface area (Å²) in [5.74, 6) is -1.87. The van der Waals surface area contributed by atoms with E-state index in [1.165, 1.54) is 0 Å². The topological polar surface area (TPSA) is 93.1 Å². The predicted molar refractivity (Wildman–Crippen MR) is 86.5 cm³/mol. The quantitative estimate of drug-likeness (QED) is 0.423. The van der Waals surface area contributed by atoms with Crippen LogP contribution >= 0.6 is 0 Å². The van der Waals surface area contributed by atoms with Crippen molar-refractivity contribution in [3.63, 3.8) is 0 Å². The molecular formula is C18H24O6. The van der Waals surface area contributed by atoms with E-state index in [1.54, 1.807) is 30.3 Å². The van der Waals surface area contributed by atoms with Gasteiger partial charge in [-0.3, -0.25) is 9.59 Å². The third kappa shape index (κ3) is 4.41. The lowest BCUT2D eigenvalue weighted by atomic mass is 9.71. The fourth-order valence-corrected chi connectivity index (χ4v) is 3.05. The van der Waals surface area contributed by atoms with Crippen molar-refractivity contribution in [1.29, 1.82) is 0 Å². The van der Waals surface area contributed by atoms with Gasteiger partial charge < -0.3 is 19.7 Å². The zero-order chi connectivity index (χ0) is 17.4. The Morgan fingerprint density at radius 1 is 1.12 bits per heavy atom. The molecule has 132 valence electrons. The number of carbonyl (C=O) groups excluding carboxylic acids is 2. The first kappa shape index (κ1) is 18.6. The molecule has 0 amide bonds. The number of hydrogen-bond acceptors (Lipinski definition) is 6. The van der Waals surface area contributed by atoms with Crippen LogP contribution in [0.1, 0.15) is 36.0 Å². The van der Waals surface area contributed by atoms with Crippen molar-refractivity contribution in [3.05, 3.63) is 35.9 Å². The van der Waals surface area contributed by atoms with E-state index in [9.17, 15) is 14.7 Å². The van der Waals surface area contributed by atoms with Crippen molar-refractivity contribution in [1.82, 2.24) is 0 Å². The summed E-state index contributed by atoms with van der Waals surface area (Å²) in [6.45, 7) is 0.286. The zero-order valence-electron chi connectivity index (χ0n) is 13.6. The van der Waals surface area contributed by atoms with E-state index < -0.39 is 23.3 Å². The normalized spacial score (nSPS) is 23.7. The SMILES string of the molecule is O=C(OCCOCCO)C1CCCCC1(O)C(=O)c1ccccc1. The molecule has 1 aromatic carbocycles. The number of aliphatic hydroxyl groups excluding tert-OH is 1. The molecule has 0 saturated heterocycles. The van der Waals surface area contributed by atoms with Crippen LogP contribution in [0.4, 0.5) is 0 Å². The molecule has 1 fully saturated rings.